The van der Waals surface area contributed by atoms with Gasteiger partial charge in [-0.15, -0.1) is 0 Å². The van der Waals surface area contributed by atoms with Crippen LogP contribution in [0.1, 0.15) is 309 Å². The zero-order valence-electron chi connectivity index (χ0n) is 62.9. The Morgan fingerprint density at radius 2 is 0.693 bits per heavy atom. The predicted molar refractivity (Wildman–Crippen MR) is 401 cm³/mol. The van der Waals surface area contributed by atoms with Gasteiger partial charge in [0.2, 0.25) is 5.91 Å². The molecule has 3 aliphatic rings. The van der Waals surface area contributed by atoms with E-state index in [0.717, 1.165) is 64.2 Å². The molecule has 19 nitrogen and oxygen atoms in total. The van der Waals surface area contributed by atoms with Crippen LogP contribution in [0.2, 0.25) is 0 Å². The fourth-order valence-electron chi connectivity index (χ4n) is 13.5. The summed E-state index contributed by atoms with van der Waals surface area (Å²) in [4.78, 5) is 13.5. The molecule has 3 fully saturated rings. The molecule has 1 amide bonds. The number of amides is 1. The number of carbonyl (C=O) groups excluding carboxylic acids is 1. The largest absolute Gasteiger partial charge is 0.394 e. The van der Waals surface area contributed by atoms with E-state index >= 15 is 0 Å². The minimum absolute atomic E-state index is 0.237. The van der Waals surface area contributed by atoms with Crippen molar-refractivity contribution < 1.29 is 89.4 Å². The summed E-state index contributed by atoms with van der Waals surface area (Å²) in [5.41, 5.74) is 0. The Hall–Kier alpha value is -2.77. The van der Waals surface area contributed by atoms with Crippen LogP contribution in [0.25, 0.3) is 0 Å². The maximum Gasteiger partial charge on any atom is 0.220 e. The Kier molecular flexibility index (Phi) is 57.0. The van der Waals surface area contributed by atoms with Gasteiger partial charge in [0.25, 0.3) is 0 Å². The second-order valence-corrected chi connectivity index (χ2v) is 28.8. The molecule has 17 atom stereocenters. The van der Waals surface area contributed by atoms with E-state index in [9.17, 15) is 61.0 Å². The van der Waals surface area contributed by atoms with Crippen molar-refractivity contribution in [3.05, 3.63) is 72.9 Å². The maximum atomic E-state index is 13.5. The number of ether oxygens (including phenoxy) is 6. The number of unbranched alkanes of at least 4 members (excludes halogenated alkanes) is 38. The van der Waals surface area contributed by atoms with Crippen LogP contribution in [0.3, 0.4) is 0 Å². The van der Waals surface area contributed by atoms with Gasteiger partial charge in [0.1, 0.15) is 73.2 Å². The number of hydrogen-bond acceptors (Lipinski definition) is 18. The first-order valence-electron chi connectivity index (χ1n) is 40.7. The lowest BCUT2D eigenvalue weighted by atomic mass is 9.96. The summed E-state index contributed by atoms with van der Waals surface area (Å²) in [6, 6.07) is -0.991. The minimum atomic E-state index is -1.98. The molecule has 17 unspecified atom stereocenters. The monoisotopic (exact) mass is 1430 g/mol. The predicted octanol–water partition coefficient (Wildman–Crippen LogP) is 13.6. The van der Waals surface area contributed by atoms with Gasteiger partial charge in [-0.05, 0) is 70.6 Å². The second-order valence-electron chi connectivity index (χ2n) is 28.8. The third-order valence-electron chi connectivity index (χ3n) is 20.0. The number of aliphatic hydroxyl groups is 11. The highest BCUT2D eigenvalue weighted by Gasteiger charge is 2.54. The zero-order chi connectivity index (χ0) is 73.2. The summed E-state index contributed by atoms with van der Waals surface area (Å²) in [5, 5.41) is 121. The Morgan fingerprint density at radius 1 is 0.366 bits per heavy atom. The molecule has 0 aromatic rings. The van der Waals surface area contributed by atoms with Crippen LogP contribution >= 0.6 is 0 Å². The zero-order valence-corrected chi connectivity index (χ0v) is 62.9. The van der Waals surface area contributed by atoms with Gasteiger partial charge in [-0.25, -0.2) is 0 Å². The van der Waals surface area contributed by atoms with Crippen LogP contribution < -0.4 is 5.32 Å². The van der Waals surface area contributed by atoms with Crippen molar-refractivity contribution in [3.63, 3.8) is 0 Å². The summed E-state index contributed by atoms with van der Waals surface area (Å²) in [6.45, 7) is 1.63. The smallest absolute Gasteiger partial charge is 0.220 e. The summed E-state index contributed by atoms with van der Waals surface area (Å²) < 4.78 is 34.4. The summed E-state index contributed by atoms with van der Waals surface area (Å²) in [5.74, 6) is -0.281. The van der Waals surface area contributed by atoms with E-state index in [1.807, 2.05) is 6.08 Å². The number of carbonyl (C=O) groups is 1. The molecule has 12 N–H and O–H groups in total. The van der Waals surface area contributed by atoms with Crippen LogP contribution in [0.5, 0.6) is 0 Å². The molecule has 0 saturated carbocycles. The Balaban J connectivity index is 1.30. The molecule has 3 aliphatic heterocycles. The van der Waals surface area contributed by atoms with E-state index in [2.05, 4.69) is 79.9 Å². The highest BCUT2D eigenvalue weighted by molar-refractivity contribution is 5.76. The van der Waals surface area contributed by atoms with Crippen LogP contribution in [0, 0.1) is 0 Å². The van der Waals surface area contributed by atoms with Gasteiger partial charge < -0.3 is 89.9 Å². The number of aliphatic hydroxyl groups excluding tert-OH is 11. The molecule has 0 spiro atoms. The molecule has 588 valence electrons. The minimum Gasteiger partial charge on any atom is -0.394 e. The number of rotatable bonds is 64. The van der Waals surface area contributed by atoms with Crippen LogP contribution in [-0.2, 0) is 33.2 Å². The van der Waals surface area contributed by atoms with Crippen LogP contribution in [0.15, 0.2) is 72.9 Å². The molecule has 0 bridgehead atoms. The number of hydrogen-bond donors (Lipinski definition) is 12. The van der Waals surface area contributed by atoms with E-state index in [1.165, 1.54) is 212 Å². The van der Waals surface area contributed by atoms with Gasteiger partial charge >= 0.3 is 0 Å². The van der Waals surface area contributed by atoms with Gasteiger partial charge in [0.15, 0.2) is 18.9 Å². The first-order chi connectivity index (χ1) is 49.3. The van der Waals surface area contributed by atoms with E-state index in [-0.39, 0.29) is 18.9 Å². The summed E-state index contributed by atoms with van der Waals surface area (Å²) in [6.07, 6.45) is 54.9. The van der Waals surface area contributed by atoms with E-state index in [4.69, 9.17) is 28.4 Å². The topological polar surface area (TPSA) is 307 Å². The average molecular weight is 1440 g/mol. The molecule has 0 aromatic carbocycles. The SMILES string of the molecule is CC/C=C\C/C=C\C/C=C\C/C=C\CCCCCCCCCCCCCCCCCCCCCCCCCCCCC(=O)NC(COC1OC(CO)C(OC2OC(CO)C(OC3OC(CO)C(O)C(O)C3O)C(O)C2O)C(O)C1O)C(O)/C=C/CC/C=C/CCCCCCCCCCCCC. The van der Waals surface area contributed by atoms with E-state index < -0.39 is 124 Å². The van der Waals surface area contributed by atoms with Crippen molar-refractivity contribution in [2.24, 2.45) is 0 Å². The van der Waals surface area contributed by atoms with Gasteiger partial charge in [-0.1, -0.05) is 305 Å². The third kappa shape index (κ3) is 42.4. The standard InChI is InChI=1S/C82H147NO18/c1-3-5-7-9-11-13-15-17-19-21-22-23-24-25-26-27-28-29-30-31-32-33-34-35-36-37-38-39-40-41-42-44-46-48-50-52-54-56-58-60-70(88)83-65(66(87)59-57-55-53-51-49-47-45-43-20-18-16-14-12-10-8-6-4-2)64-96-80-76(94)73(91)78(68(62-85)98-80)101-82-77(95)74(92)79(69(63-86)99-82)100-81-75(93)72(90)71(89)67(61-84)97-81/h5,7,11,13,17,19,22-23,49,51,57,59,65-69,71-82,84-87,89-95H,3-4,6,8-10,12,14-16,18,20-21,24-48,50,52-56,58,60-64H2,1-2H3,(H,83,88)/b7-5-,13-11-,19-17-,23-22-,51-49+,59-57+. The number of allylic oxidation sites excluding steroid dienone is 11. The van der Waals surface area contributed by atoms with Crippen molar-refractivity contribution >= 4 is 5.91 Å². The molecule has 0 radical (unpaired) electrons. The Labute approximate surface area is 610 Å². The fourth-order valence-corrected chi connectivity index (χ4v) is 13.5. The molecule has 101 heavy (non-hydrogen) atoms. The van der Waals surface area contributed by atoms with Crippen LogP contribution in [-0.4, -0.2) is 193 Å². The molecular weight excluding hydrogens is 1290 g/mol. The fraction of sp³-hybridized carbons (Fsp3) is 0.841. The molecule has 0 aromatic heterocycles. The van der Waals surface area contributed by atoms with Gasteiger partial charge in [0, 0.05) is 6.42 Å². The van der Waals surface area contributed by atoms with E-state index in [1.54, 1.807) is 6.08 Å². The van der Waals surface area contributed by atoms with Crippen molar-refractivity contribution in [1.29, 1.82) is 0 Å². The summed E-state index contributed by atoms with van der Waals surface area (Å²) in [7, 11) is 0. The van der Waals surface area contributed by atoms with Crippen molar-refractivity contribution in [2.45, 2.75) is 413 Å². The highest BCUT2D eigenvalue weighted by Crippen LogP contribution is 2.33. The highest BCUT2D eigenvalue weighted by atomic mass is 16.8. The lowest BCUT2D eigenvalue weighted by molar-refractivity contribution is -0.379. The second kappa shape index (κ2) is 62.3. The normalized spacial score (nSPS) is 26.7. The molecule has 0 aliphatic carbocycles. The quantitative estimate of drug-likeness (QED) is 0.0199. The number of nitrogens with one attached hydrogen (secondary N) is 1. The Bertz CT molecular complexity index is 2110. The Morgan fingerprint density at radius 3 is 1.11 bits per heavy atom. The van der Waals surface area contributed by atoms with Gasteiger partial charge in [0.05, 0.1) is 38.6 Å². The van der Waals surface area contributed by atoms with Crippen molar-refractivity contribution in [2.75, 3.05) is 26.4 Å². The molecular formula is C82H147NO18. The van der Waals surface area contributed by atoms with Crippen molar-refractivity contribution in [3.8, 4) is 0 Å². The average Bonchev–Trinajstić information content (AvgIpc) is 0.792. The first-order valence-corrected chi connectivity index (χ1v) is 40.7. The van der Waals surface area contributed by atoms with E-state index in [0.29, 0.717) is 12.8 Å². The molecule has 3 saturated heterocycles. The molecule has 3 rings (SSSR count). The van der Waals surface area contributed by atoms with Gasteiger partial charge in [-0.2, -0.15) is 0 Å². The molecule has 19 heteroatoms. The third-order valence-corrected chi connectivity index (χ3v) is 20.0. The van der Waals surface area contributed by atoms with Crippen LogP contribution in [0.4, 0.5) is 0 Å². The first kappa shape index (κ1) is 92.4. The van der Waals surface area contributed by atoms with Crippen molar-refractivity contribution in [1.82, 2.24) is 5.32 Å². The van der Waals surface area contributed by atoms with Gasteiger partial charge in [-0.3, -0.25) is 4.79 Å². The summed E-state index contributed by atoms with van der Waals surface area (Å²) >= 11 is 0. The lowest BCUT2D eigenvalue weighted by Crippen LogP contribution is -2.66. The lowest BCUT2D eigenvalue weighted by Gasteiger charge is -2.48. The maximum absolute atomic E-state index is 13.5. The molecule has 3 heterocycles.